The first-order valence-electron chi connectivity index (χ1n) is 10.7. The summed E-state index contributed by atoms with van der Waals surface area (Å²) in [5.74, 6) is -0.374. The highest BCUT2D eigenvalue weighted by atomic mass is 32.1. The molecule has 0 aliphatic carbocycles. The molecule has 0 radical (unpaired) electrons. The van der Waals surface area contributed by atoms with Crippen molar-refractivity contribution in [1.82, 2.24) is 20.5 Å². The van der Waals surface area contributed by atoms with E-state index in [2.05, 4.69) is 15.6 Å². The number of aliphatic hydroxyl groups is 1. The van der Waals surface area contributed by atoms with E-state index in [0.717, 1.165) is 16.0 Å². The second kappa shape index (κ2) is 9.89. The molecule has 2 heterocycles. The van der Waals surface area contributed by atoms with Crippen molar-refractivity contribution in [2.45, 2.75) is 58.8 Å². The molecular weight excluding hydrogens is 412 g/mol. The van der Waals surface area contributed by atoms with Crippen LogP contribution < -0.4 is 10.6 Å². The molecular formula is C23H32N4O3S. The second-order valence-electron chi connectivity index (χ2n) is 9.03. The standard InChI is InChI=1S/C23H32N4O3S/c1-5-25-20(23(2,3)4)22(30)27-13-17(28)10-18(27)21(29)26-11-15-6-8-16(9-7-15)19-12-24-14-31-19/h6-9,12,14,17-18,20,25,28H,5,10-11,13H2,1-4H3,(H,26,29)/t17-,18+,20-/m1/s1. The predicted octanol–water partition coefficient (Wildman–Crippen LogP) is 2.41. The van der Waals surface area contributed by atoms with Crippen LogP contribution in [-0.2, 0) is 16.1 Å². The van der Waals surface area contributed by atoms with E-state index in [4.69, 9.17) is 0 Å². The number of carbonyl (C=O) groups excluding carboxylic acids is 2. The van der Waals surface area contributed by atoms with Crippen LogP contribution in [0.5, 0.6) is 0 Å². The van der Waals surface area contributed by atoms with E-state index < -0.39 is 18.2 Å². The maximum absolute atomic E-state index is 13.2. The lowest BCUT2D eigenvalue weighted by molar-refractivity contribution is -0.142. The molecule has 0 unspecified atom stereocenters. The van der Waals surface area contributed by atoms with Gasteiger partial charge in [0.05, 0.1) is 22.5 Å². The number of carbonyl (C=O) groups is 2. The number of nitrogens with one attached hydrogen (secondary N) is 2. The number of thiazole rings is 1. The molecule has 168 valence electrons. The normalized spacial score (nSPS) is 20.0. The van der Waals surface area contributed by atoms with Gasteiger partial charge in [-0.25, -0.2) is 0 Å². The zero-order chi connectivity index (χ0) is 22.6. The lowest BCUT2D eigenvalue weighted by Gasteiger charge is -2.35. The van der Waals surface area contributed by atoms with Crippen molar-refractivity contribution in [3.63, 3.8) is 0 Å². The molecule has 31 heavy (non-hydrogen) atoms. The van der Waals surface area contributed by atoms with Crippen LogP contribution in [-0.4, -0.2) is 58.1 Å². The predicted molar refractivity (Wildman–Crippen MR) is 122 cm³/mol. The van der Waals surface area contributed by atoms with Crippen molar-refractivity contribution in [2.75, 3.05) is 13.1 Å². The first-order chi connectivity index (χ1) is 14.7. The van der Waals surface area contributed by atoms with Gasteiger partial charge in [0.25, 0.3) is 0 Å². The van der Waals surface area contributed by atoms with Crippen molar-refractivity contribution < 1.29 is 14.7 Å². The molecule has 3 atom stereocenters. The summed E-state index contributed by atoms with van der Waals surface area (Å²) in [5, 5.41) is 16.4. The van der Waals surface area contributed by atoms with Crippen LogP contribution in [0.3, 0.4) is 0 Å². The van der Waals surface area contributed by atoms with Gasteiger partial charge in [0.1, 0.15) is 6.04 Å². The molecule has 1 saturated heterocycles. The fourth-order valence-corrected chi connectivity index (χ4v) is 4.52. The number of rotatable bonds is 7. The largest absolute Gasteiger partial charge is 0.391 e. The fraction of sp³-hybridized carbons (Fsp3) is 0.522. The number of hydrogen-bond donors (Lipinski definition) is 3. The Kier molecular flexibility index (Phi) is 7.46. The van der Waals surface area contributed by atoms with Crippen LogP contribution >= 0.6 is 11.3 Å². The van der Waals surface area contributed by atoms with E-state index in [0.29, 0.717) is 13.1 Å². The number of hydrogen-bond acceptors (Lipinski definition) is 6. The first kappa shape index (κ1) is 23.4. The van der Waals surface area contributed by atoms with E-state index in [1.165, 1.54) is 4.90 Å². The van der Waals surface area contributed by atoms with Crippen LogP contribution in [0.25, 0.3) is 10.4 Å². The van der Waals surface area contributed by atoms with Crippen molar-refractivity contribution >= 4 is 23.2 Å². The van der Waals surface area contributed by atoms with Crippen LogP contribution in [0.2, 0.25) is 0 Å². The minimum atomic E-state index is -0.694. The van der Waals surface area contributed by atoms with Gasteiger partial charge in [-0.2, -0.15) is 0 Å². The summed E-state index contributed by atoms with van der Waals surface area (Å²) in [4.78, 5) is 32.9. The highest BCUT2D eigenvalue weighted by Gasteiger charge is 2.43. The Morgan fingerprint density at radius 1 is 1.29 bits per heavy atom. The lowest BCUT2D eigenvalue weighted by atomic mass is 9.85. The van der Waals surface area contributed by atoms with E-state index in [-0.39, 0.29) is 30.2 Å². The first-order valence-corrected chi connectivity index (χ1v) is 11.6. The molecule has 0 saturated carbocycles. The Bertz CT molecular complexity index is 877. The third-order valence-electron chi connectivity index (χ3n) is 5.52. The van der Waals surface area contributed by atoms with Gasteiger partial charge >= 0.3 is 0 Å². The molecule has 3 N–H and O–H groups in total. The lowest BCUT2D eigenvalue weighted by Crippen LogP contribution is -2.56. The van der Waals surface area contributed by atoms with Crippen molar-refractivity contribution in [3.05, 3.63) is 41.5 Å². The van der Waals surface area contributed by atoms with Crippen molar-refractivity contribution in [1.29, 1.82) is 0 Å². The maximum atomic E-state index is 13.2. The van der Waals surface area contributed by atoms with Gasteiger partial charge in [-0.05, 0) is 23.1 Å². The smallest absolute Gasteiger partial charge is 0.243 e. The molecule has 1 aliphatic heterocycles. The van der Waals surface area contributed by atoms with Gasteiger partial charge in [-0.15, -0.1) is 11.3 Å². The Hall–Kier alpha value is -2.29. The monoisotopic (exact) mass is 444 g/mol. The zero-order valence-corrected chi connectivity index (χ0v) is 19.4. The van der Waals surface area contributed by atoms with Crippen LogP contribution in [0, 0.1) is 5.41 Å². The number of aromatic nitrogens is 1. The van der Waals surface area contributed by atoms with E-state index >= 15 is 0 Å². The zero-order valence-electron chi connectivity index (χ0n) is 18.6. The van der Waals surface area contributed by atoms with Crippen LogP contribution in [0.4, 0.5) is 0 Å². The number of likely N-dealkylation sites (tertiary alicyclic amines) is 1. The average Bonchev–Trinajstić information content (AvgIpc) is 3.39. The molecule has 1 aromatic carbocycles. The molecule has 3 rings (SSSR count). The molecule has 1 fully saturated rings. The van der Waals surface area contributed by atoms with Gasteiger partial charge in [-0.3, -0.25) is 14.6 Å². The quantitative estimate of drug-likeness (QED) is 0.610. The van der Waals surface area contributed by atoms with Gasteiger partial charge in [0.15, 0.2) is 0 Å². The second-order valence-corrected chi connectivity index (χ2v) is 9.92. The Labute approximate surface area is 187 Å². The van der Waals surface area contributed by atoms with Gasteiger partial charge in [0.2, 0.25) is 11.8 Å². The molecule has 2 amide bonds. The van der Waals surface area contributed by atoms with E-state index in [9.17, 15) is 14.7 Å². The SMILES string of the molecule is CCN[C@H](C(=O)N1C[C@H](O)C[C@H]1C(=O)NCc1ccc(-c2cncs2)cc1)C(C)(C)C. The van der Waals surface area contributed by atoms with E-state index in [1.54, 1.807) is 16.8 Å². The van der Waals surface area contributed by atoms with Gasteiger partial charge < -0.3 is 20.6 Å². The van der Waals surface area contributed by atoms with Gasteiger partial charge in [0, 0.05) is 25.7 Å². The third kappa shape index (κ3) is 5.70. The summed E-state index contributed by atoms with van der Waals surface area (Å²) in [5.41, 5.74) is 3.55. The summed E-state index contributed by atoms with van der Waals surface area (Å²) < 4.78 is 0. The Morgan fingerprint density at radius 2 is 2.00 bits per heavy atom. The third-order valence-corrected chi connectivity index (χ3v) is 6.35. The number of nitrogens with zero attached hydrogens (tertiary/aromatic N) is 2. The molecule has 7 nitrogen and oxygen atoms in total. The van der Waals surface area contributed by atoms with Crippen LogP contribution in [0.15, 0.2) is 36.0 Å². The summed E-state index contributed by atoms with van der Waals surface area (Å²) in [6, 6.07) is 6.88. The average molecular weight is 445 g/mol. The Morgan fingerprint density at radius 3 is 2.58 bits per heavy atom. The number of amides is 2. The summed E-state index contributed by atoms with van der Waals surface area (Å²) >= 11 is 1.58. The van der Waals surface area contributed by atoms with E-state index in [1.807, 2.05) is 58.2 Å². The Balaban J connectivity index is 1.64. The molecule has 0 spiro atoms. The minimum Gasteiger partial charge on any atom is -0.391 e. The molecule has 2 aromatic rings. The number of aliphatic hydroxyl groups excluding tert-OH is 1. The molecule has 0 bridgehead atoms. The highest BCUT2D eigenvalue weighted by molar-refractivity contribution is 7.13. The summed E-state index contributed by atoms with van der Waals surface area (Å²) in [6.45, 7) is 9.14. The highest BCUT2D eigenvalue weighted by Crippen LogP contribution is 2.26. The number of likely N-dealkylation sites (N-methyl/N-ethyl adjacent to an activating group) is 1. The molecule has 8 heteroatoms. The fourth-order valence-electron chi connectivity index (χ4n) is 3.89. The number of benzene rings is 1. The summed E-state index contributed by atoms with van der Waals surface area (Å²) in [6.07, 6.45) is 1.39. The molecule has 1 aromatic heterocycles. The van der Waals surface area contributed by atoms with Crippen molar-refractivity contribution in [2.24, 2.45) is 5.41 Å². The topological polar surface area (TPSA) is 94.6 Å². The van der Waals surface area contributed by atoms with Crippen molar-refractivity contribution in [3.8, 4) is 10.4 Å². The minimum absolute atomic E-state index is 0.139. The van der Waals surface area contributed by atoms with Crippen LogP contribution in [0.1, 0.15) is 39.7 Å². The number of β-amino-alcohol motifs (C(OH)–C–C–N with tert-alkyl or cyclic N) is 1. The van der Waals surface area contributed by atoms with Gasteiger partial charge in [-0.1, -0.05) is 52.0 Å². The summed E-state index contributed by atoms with van der Waals surface area (Å²) in [7, 11) is 0. The molecule has 1 aliphatic rings. The maximum Gasteiger partial charge on any atom is 0.243 e.